The summed E-state index contributed by atoms with van der Waals surface area (Å²) >= 11 is 0. The Hall–Kier alpha value is -2.15. The Morgan fingerprint density at radius 3 is 2.77 bits per heavy atom. The fourth-order valence-electron chi connectivity index (χ4n) is 3.54. The van der Waals surface area contributed by atoms with Crippen molar-refractivity contribution in [3.63, 3.8) is 0 Å². The number of fused-ring (bicyclic) bond motifs is 1. The summed E-state index contributed by atoms with van der Waals surface area (Å²) in [6.45, 7) is 10.5. The number of carbonyl (C=O) groups excluding carboxylic acids is 1. The van der Waals surface area contributed by atoms with Crippen molar-refractivity contribution < 1.29 is 9.21 Å². The van der Waals surface area contributed by atoms with Crippen LogP contribution in [0, 0.1) is 5.92 Å². The quantitative estimate of drug-likeness (QED) is 0.822. The third kappa shape index (κ3) is 4.15. The first kappa shape index (κ1) is 18.6. The number of hydrogen-bond acceptors (Lipinski definition) is 5. The molecule has 7 heteroatoms. The lowest BCUT2D eigenvalue weighted by atomic mass is 10.0. The van der Waals surface area contributed by atoms with Crippen molar-refractivity contribution in [2.45, 2.75) is 52.6 Å². The second kappa shape index (κ2) is 8.49. The minimum Gasteiger partial charge on any atom is -0.459 e. The Balaban J connectivity index is 1.65. The van der Waals surface area contributed by atoms with E-state index in [2.05, 4.69) is 38.8 Å². The number of furan rings is 1. The first-order valence-electron chi connectivity index (χ1n) is 9.61. The third-order valence-corrected chi connectivity index (χ3v) is 5.30. The van der Waals surface area contributed by atoms with Gasteiger partial charge in [-0.25, -0.2) is 0 Å². The molecule has 0 saturated carbocycles. The molecule has 0 aromatic carbocycles. The van der Waals surface area contributed by atoms with Crippen LogP contribution in [0.4, 0.5) is 0 Å². The van der Waals surface area contributed by atoms with Crippen LogP contribution in [-0.2, 0) is 13.0 Å². The smallest absolute Gasteiger partial charge is 0.287 e. The van der Waals surface area contributed by atoms with E-state index in [0.29, 0.717) is 5.76 Å². The monoisotopic (exact) mass is 359 g/mol. The second-order valence-corrected chi connectivity index (χ2v) is 7.03. The highest BCUT2D eigenvalue weighted by Crippen LogP contribution is 2.18. The summed E-state index contributed by atoms with van der Waals surface area (Å²) in [7, 11) is 0. The Morgan fingerprint density at radius 2 is 2.08 bits per heavy atom. The molecule has 0 fully saturated rings. The summed E-state index contributed by atoms with van der Waals surface area (Å²) in [5.74, 6) is 2.65. The fourth-order valence-corrected chi connectivity index (χ4v) is 3.54. The molecule has 1 amide bonds. The van der Waals surface area contributed by atoms with Gasteiger partial charge in [0, 0.05) is 32.6 Å². The van der Waals surface area contributed by atoms with Gasteiger partial charge in [-0.15, -0.1) is 10.2 Å². The highest BCUT2D eigenvalue weighted by atomic mass is 16.3. The molecule has 1 atom stereocenters. The van der Waals surface area contributed by atoms with E-state index >= 15 is 0 Å². The predicted octanol–water partition coefficient (Wildman–Crippen LogP) is 2.66. The number of carbonyl (C=O) groups is 1. The number of amides is 1. The minimum absolute atomic E-state index is 0.223. The van der Waals surface area contributed by atoms with Crippen LogP contribution in [0.2, 0.25) is 0 Å². The van der Waals surface area contributed by atoms with E-state index in [9.17, 15) is 4.79 Å². The Labute approximate surface area is 154 Å². The Kier molecular flexibility index (Phi) is 6.08. The van der Waals surface area contributed by atoms with Gasteiger partial charge in [-0.2, -0.15) is 0 Å². The molecule has 0 bridgehead atoms. The van der Waals surface area contributed by atoms with Crippen LogP contribution < -0.4 is 5.32 Å². The largest absolute Gasteiger partial charge is 0.459 e. The lowest BCUT2D eigenvalue weighted by Crippen LogP contribution is -2.32. The number of hydrogen-bond donors (Lipinski definition) is 1. The molecule has 1 aliphatic heterocycles. The summed E-state index contributed by atoms with van der Waals surface area (Å²) in [6.07, 6.45) is 4.84. The van der Waals surface area contributed by atoms with Gasteiger partial charge >= 0.3 is 0 Å². The van der Waals surface area contributed by atoms with E-state index in [1.807, 2.05) is 6.92 Å². The van der Waals surface area contributed by atoms with Crippen molar-refractivity contribution in [2.75, 3.05) is 19.6 Å². The molecule has 0 aliphatic carbocycles. The molecule has 3 heterocycles. The molecule has 2 aromatic heterocycles. The molecular weight excluding hydrogens is 330 g/mol. The molecular formula is C19H29N5O2. The normalized spacial score (nSPS) is 16.3. The summed E-state index contributed by atoms with van der Waals surface area (Å²) in [5.41, 5.74) is 0. The van der Waals surface area contributed by atoms with Crippen LogP contribution in [0.3, 0.4) is 0 Å². The maximum atomic E-state index is 12.2. The number of aromatic nitrogens is 3. The van der Waals surface area contributed by atoms with Crippen LogP contribution >= 0.6 is 0 Å². The van der Waals surface area contributed by atoms with Gasteiger partial charge in [-0.1, -0.05) is 26.7 Å². The molecule has 7 nitrogen and oxygen atoms in total. The van der Waals surface area contributed by atoms with Crippen molar-refractivity contribution in [1.29, 1.82) is 0 Å². The van der Waals surface area contributed by atoms with Crippen LogP contribution in [0.1, 0.15) is 61.9 Å². The van der Waals surface area contributed by atoms with Gasteiger partial charge in [-0.3, -0.25) is 4.79 Å². The lowest BCUT2D eigenvalue weighted by molar-refractivity contribution is 0.0909. The van der Waals surface area contributed by atoms with Crippen LogP contribution in [0.25, 0.3) is 0 Å². The van der Waals surface area contributed by atoms with Crippen molar-refractivity contribution in [1.82, 2.24) is 25.0 Å². The maximum absolute atomic E-state index is 12.2. The lowest BCUT2D eigenvalue weighted by Gasteiger charge is -2.24. The van der Waals surface area contributed by atoms with Gasteiger partial charge < -0.3 is 19.2 Å². The molecule has 0 saturated heterocycles. The standard InChI is InChI=1S/C19H29N5O2/c1-4-15(5-2)13-23-9-8-17-21-22-18(24(17)11-10-23)14(3)20-19(25)16-7-6-12-26-16/h6-7,12,14-15H,4-5,8-11,13H2,1-3H3,(H,20,25). The van der Waals surface area contributed by atoms with Crippen molar-refractivity contribution in [3.05, 3.63) is 35.8 Å². The summed E-state index contributed by atoms with van der Waals surface area (Å²) in [5, 5.41) is 11.7. The van der Waals surface area contributed by atoms with E-state index in [0.717, 1.165) is 50.2 Å². The number of nitrogens with zero attached hydrogens (tertiary/aromatic N) is 4. The summed E-state index contributed by atoms with van der Waals surface area (Å²) in [4.78, 5) is 14.7. The number of rotatable bonds is 7. The highest BCUT2D eigenvalue weighted by Gasteiger charge is 2.24. The van der Waals surface area contributed by atoms with E-state index in [-0.39, 0.29) is 11.9 Å². The Bertz CT molecular complexity index is 706. The average molecular weight is 359 g/mol. The van der Waals surface area contributed by atoms with Crippen molar-refractivity contribution in [2.24, 2.45) is 5.92 Å². The van der Waals surface area contributed by atoms with E-state index in [1.54, 1.807) is 12.1 Å². The SMILES string of the molecule is CCC(CC)CN1CCc2nnc(C(C)NC(=O)c3ccco3)n2CC1. The molecule has 2 aromatic rings. The summed E-state index contributed by atoms with van der Waals surface area (Å²) in [6, 6.07) is 3.14. The molecule has 142 valence electrons. The van der Waals surface area contributed by atoms with E-state index in [4.69, 9.17) is 4.42 Å². The molecule has 3 rings (SSSR count). The fraction of sp³-hybridized carbons (Fsp3) is 0.632. The molecule has 1 N–H and O–H groups in total. The third-order valence-electron chi connectivity index (χ3n) is 5.30. The van der Waals surface area contributed by atoms with Gasteiger partial charge in [0.2, 0.25) is 0 Å². The van der Waals surface area contributed by atoms with Crippen LogP contribution in [-0.4, -0.2) is 45.2 Å². The zero-order valence-electron chi connectivity index (χ0n) is 15.9. The molecule has 1 aliphatic rings. The Morgan fingerprint density at radius 1 is 1.27 bits per heavy atom. The summed E-state index contributed by atoms with van der Waals surface area (Å²) < 4.78 is 7.32. The first-order valence-corrected chi connectivity index (χ1v) is 9.61. The van der Waals surface area contributed by atoms with E-state index in [1.165, 1.54) is 19.1 Å². The van der Waals surface area contributed by atoms with Gasteiger partial charge in [0.15, 0.2) is 11.6 Å². The van der Waals surface area contributed by atoms with Gasteiger partial charge in [0.05, 0.1) is 12.3 Å². The van der Waals surface area contributed by atoms with Crippen molar-refractivity contribution in [3.8, 4) is 0 Å². The molecule has 1 unspecified atom stereocenters. The highest BCUT2D eigenvalue weighted by molar-refractivity contribution is 5.91. The number of nitrogens with one attached hydrogen (secondary N) is 1. The van der Waals surface area contributed by atoms with Gasteiger partial charge in [-0.05, 0) is 25.0 Å². The molecule has 26 heavy (non-hydrogen) atoms. The maximum Gasteiger partial charge on any atom is 0.287 e. The van der Waals surface area contributed by atoms with Crippen LogP contribution in [0.15, 0.2) is 22.8 Å². The second-order valence-electron chi connectivity index (χ2n) is 7.03. The van der Waals surface area contributed by atoms with Crippen LogP contribution in [0.5, 0.6) is 0 Å². The minimum atomic E-state index is -0.233. The zero-order chi connectivity index (χ0) is 18.5. The van der Waals surface area contributed by atoms with Crippen molar-refractivity contribution >= 4 is 5.91 Å². The van der Waals surface area contributed by atoms with Gasteiger partial charge in [0.25, 0.3) is 5.91 Å². The van der Waals surface area contributed by atoms with E-state index < -0.39 is 0 Å². The molecule has 0 radical (unpaired) electrons. The zero-order valence-corrected chi connectivity index (χ0v) is 15.9. The first-order chi connectivity index (χ1) is 12.6. The topological polar surface area (TPSA) is 76.2 Å². The predicted molar refractivity (Wildman–Crippen MR) is 98.8 cm³/mol. The molecule has 0 spiro atoms. The van der Waals surface area contributed by atoms with Gasteiger partial charge in [0.1, 0.15) is 5.82 Å². The average Bonchev–Trinajstić information content (AvgIpc) is 3.27.